The molecule has 0 aliphatic carbocycles. The van der Waals surface area contributed by atoms with E-state index in [0.29, 0.717) is 5.02 Å². The van der Waals surface area contributed by atoms with Gasteiger partial charge in [0, 0.05) is 27.6 Å². The van der Waals surface area contributed by atoms with E-state index in [-0.39, 0.29) is 0 Å². The van der Waals surface area contributed by atoms with Crippen LogP contribution in [0, 0.1) is 0 Å². The Morgan fingerprint density at radius 1 is 1.10 bits per heavy atom. The Hall–Kier alpha value is -1.78. The zero-order chi connectivity index (χ0) is 13.9. The molecule has 0 saturated heterocycles. The minimum atomic E-state index is 0.675. The average Bonchev–Trinajstić information content (AvgIpc) is 2.92. The number of nitrogens with one attached hydrogen (secondary N) is 1. The second kappa shape index (κ2) is 5.69. The quantitative estimate of drug-likeness (QED) is 0.719. The Kier molecular flexibility index (Phi) is 3.76. The maximum absolute atomic E-state index is 6.03. The Morgan fingerprint density at radius 2 is 1.90 bits per heavy atom. The van der Waals surface area contributed by atoms with E-state index in [1.807, 2.05) is 59.3 Å². The summed E-state index contributed by atoms with van der Waals surface area (Å²) in [6.07, 6.45) is 3.67. The fourth-order valence-corrected chi connectivity index (χ4v) is 2.42. The van der Waals surface area contributed by atoms with Crippen molar-refractivity contribution in [1.82, 2.24) is 9.55 Å². The number of anilines is 2. The van der Waals surface area contributed by atoms with Crippen LogP contribution < -0.4 is 5.32 Å². The van der Waals surface area contributed by atoms with Gasteiger partial charge in [-0.3, -0.25) is 4.57 Å². The van der Waals surface area contributed by atoms with E-state index < -0.39 is 0 Å². The minimum absolute atomic E-state index is 0.675. The topological polar surface area (TPSA) is 29.9 Å². The molecule has 3 nitrogen and oxygen atoms in total. The van der Waals surface area contributed by atoms with Crippen LogP contribution in [0.2, 0.25) is 5.02 Å². The highest BCUT2D eigenvalue weighted by molar-refractivity contribution is 9.10. The maximum atomic E-state index is 6.03. The molecule has 1 N–H and O–H groups in total. The Balaban J connectivity index is 1.97. The smallest absolute Gasteiger partial charge is 0.212 e. The molecule has 2 aromatic carbocycles. The molecule has 0 amide bonds. The first kappa shape index (κ1) is 13.2. The van der Waals surface area contributed by atoms with Crippen molar-refractivity contribution in [2.24, 2.45) is 0 Å². The SMILES string of the molecule is Clc1ccc(Br)c(Nc2nccn2-c2ccccc2)c1. The molecule has 20 heavy (non-hydrogen) atoms. The Bertz CT molecular complexity index is 725. The van der Waals surface area contributed by atoms with Crippen molar-refractivity contribution in [2.45, 2.75) is 0 Å². The lowest BCUT2D eigenvalue weighted by Gasteiger charge is -2.11. The number of benzene rings is 2. The molecule has 0 bridgehead atoms. The minimum Gasteiger partial charge on any atom is -0.324 e. The predicted octanol–water partition coefficient (Wildman–Crippen LogP) is 5.03. The monoisotopic (exact) mass is 347 g/mol. The molecule has 1 heterocycles. The number of hydrogen-bond donors (Lipinski definition) is 1. The molecular weight excluding hydrogens is 338 g/mol. The Labute approximate surface area is 130 Å². The van der Waals surface area contributed by atoms with Gasteiger partial charge in [-0.2, -0.15) is 0 Å². The van der Waals surface area contributed by atoms with Crippen LogP contribution in [0.5, 0.6) is 0 Å². The van der Waals surface area contributed by atoms with Gasteiger partial charge in [-0.25, -0.2) is 4.98 Å². The van der Waals surface area contributed by atoms with Gasteiger partial charge in [0.2, 0.25) is 5.95 Å². The van der Waals surface area contributed by atoms with Gasteiger partial charge >= 0.3 is 0 Å². The average molecular weight is 349 g/mol. The van der Waals surface area contributed by atoms with E-state index in [1.54, 1.807) is 6.20 Å². The first-order valence-electron chi connectivity index (χ1n) is 6.05. The van der Waals surface area contributed by atoms with Crippen molar-refractivity contribution >= 4 is 39.2 Å². The third-order valence-electron chi connectivity index (χ3n) is 2.85. The summed E-state index contributed by atoms with van der Waals surface area (Å²) in [5.41, 5.74) is 1.92. The molecule has 3 aromatic rings. The van der Waals surface area contributed by atoms with E-state index in [2.05, 4.69) is 26.2 Å². The lowest BCUT2D eigenvalue weighted by molar-refractivity contribution is 1.06. The summed E-state index contributed by atoms with van der Waals surface area (Å²) in [5, 5.41) is 3.96. The van der Waals surface area contributed by atoms with Gasteiger partial charge in [0.15, 0.2) is 0 Å². The van der Waals surface area contributed by atoms with Gasteiger partial charge in [0.25, 0.3) is 0 Å². The van der Waals surface area contributed by atoms with Gasteiger partial charge in [-0.1, -0.05) is 29.8 Å². The molecule has 5 heteroatoms. The van der Waals surface area contributed by atoms with Gasteiger partial charge in [-0.05, 0) is 46.3 Å². The second-order valence-electron chi connectivity index (χ2n) is 4.21. The van der Waals surface area contributed by atoms with Crippen LogP contribution in [0.3, 0.4) is 0 Å². The molecule has 0 spiro atoms. The predicted molar refractivity (Wildman–Crippen MR) is 86.0 cm³/mol. The van der Waals surface area contributed by atoms with Crippen molar-refractivity contribution in [3.63, 3.8) is 0 Å². The van der Waals surface area contributed by atoms with Crippen LogP contribution in [0.25, 0.3) is 5.69 Å². The van der Waals surface area contributed by atoms with Crippen LogP contribution in [-0.2, 0) is 0 Å². The standard InChI is InChI=1S/C15H11BrClN3/c16-13-7-6-11(17)10-14(13)19-15-18-8-9-20(15)12-4-2-1-3-5-12/h1-10H,(H,18,19). The van der Waals surface area contributed by atoms with Gasteiger partial charge < -0.3 is 5.32 Å². The van der Waals surface area contributed by atoms with Crippen LogP contribution in [0.4, 0.5) is 11.6 Å². The molecule has 0 radical (unpaired) electrons. The van der Waals surface area contributed by atoms with Crippen LogP contribution in [0.15, 0.2) is 65.4 Å². The fraction of sp³-hybridized carbons (Fsp3) is 0. The summed E-state index contributed by atoms with van der Waals surface area (Å²) < 4.78 is 2.91. The van der Waals surface area contributed by atoms with Crippen molar-refractivity contribution in [1.29, 1.82) is 0 Å². The van der Waals surface area contributed by atoms with E-state index in [4.69, 9.17) is 11.6 Å². The number of nitrogens with zero attached hydrogens (tertiary/aromatic N) is 2. The maximum Gasteiger partial charge on any atom is 0.212 e. The molecule has 1 aromatic heterocycles. The number of rotatable bonds is 3. The van der Waals surface area contributed by atoms with Crippen molar-refractivity contribution in [3.8, 4) is 5.69 Å². The third kappa shape index (κ3) is 2.71. The zero-order valence-electron chi connectivity index (χ0n) is 10.4. The first-order valence-corrected chi connectivity index (χ1v) is 7.22. The summed E-state index contributed by atoms with van der Waals surface area (Å²) in [7, 11) is 0. The summed E-state index contributed by atoms with van der Waals surface area (Å²) in [6.45, 7) is 0. The van der Waals surface area contributed by atoms with Gasteiger partial charge in [-0.15, -0.1) is 0 Å². The molecule has 0 saturated carbocycles. The molecule has 3 rings (SSSR count). The summed E-state index contributed by atoms with van der Waals surface area (Å²) >= 11 is 9.52. The molecule has 0 atom stereocenters. The molecule has 0 aliphatic rings. The van der Waals surface area contributed by atoms with Crippen LogP contribution >= 0.6 is 27.5 Å². The van der Waals surface area contributed by atoms with Crippen LogP contribution in [-0.4, -0.2) is 9.55 Å². The van der Waals surface area contributed by atoms with E-state index >= 15 is 0 Å². The first-order chi connectivity index (χ1) is 9.74. The van der Waals surface area contributed by atoms with E-state index in [0.717, 1.165) is 21.8 Å². The van der Waals surface area contributed by atoms with Crippen LogP contribution in [0.1, 0.15) is 0 Å². The number of aromatic nitrogens is 2. The van der Waals surface area contributed by atoms with Gasteiger partial charge in [0.05, 0.1) is 5.69 Å². The lowest BCUT2D eigenvalue weighted by atomic mass is 10.3. The Morgan fingerprint density at radius 3 is 2.70 bits per heavy atom. The normalized spacial score (nSPS) is 10.5. The largest absolute Gasteiger partial charge is 0.324 e. The number of para-hydroxylation sites is 1. The third-order valence-corrected chi connectivity index (χ3v) is 3.78. The molecule has 100 valence electrons. The highest BCUT2D eigenvalue weighted by atomic mass is 79.9. The van der Waals surface area contributed by atoms with E-state index in [1.165, 1.54) is 0 Å². The van der Waals surface area contributed by atoms with Crippen molar-refractivity contribution < 1.29 is 0 Å². The summed E-state index contributed by atoms with van der Waals surface area (Å²) in [4.78, 5) is 4.35. The lowest BCUT2D eigenvalue weighted by Crippen LogP contribution is -2.01. The number of imidazole rings is 1. The van der Waals surface area contributed by atoms with E-state index in [9.17, 15) is 0 Å². The molecular formula is C15H11BrClN3. The number of hydrogen-bond acceptors (Lipinski definition) is 2. The van der Waals surface area contributed by atoms with Crippen molar-refractivity contribution in [2.75, 3.05) is 5.32 Å². The summed E-state index contributed by atoms with van der Waals surface area (Å²) in [5.74, 6) is 0.735. The highest BCUT2D eigenvalue weighted by Crippen LogP contribution is 2.29. The molecule has 0 unspecified atom stereocenters. The molecule has 0 aliphatic heterocycles. The van der Waals surface area contributed by atoms with Crippen molar-refractivity contribution in [3.05, 3.63) is 70.4 Å². The number of halogens is 2. The molecule has 0 fully saturated rings. The zero-order valence-corrected chi connectivity index (χ0v) is 12.8. The highest BCUT2D eigenvalue weighted by Gasteiger charge is 2.07. The summed E-state index contributed by atoms with van der Waals surface area (Å²) in [6, 6.07) is 15.6. The van der Waals surface area contributed by atoms with Gasteiger partial charge in [0.1, 0.15) is 0 Å². The second-order valence-corrected chi connectivity index (χ2v) is 5.50. The fourth-order valence-electron chi connectivity index (χ4n) is 1.91.